The van der Waals surface area contributed by atoms with E-state index in [9.17, 15) is 4.79 Å². The number of hydrogen-bond acceptors (Lipinski definition) is 4. The van der Waals surface area contributed by atoms with E-state index in [1.807, 2.05) is 29.6 Å². The Labute approximate surface area is 130 Å². The predicted molar refractivity (Wildman–Crippen MR) is 84.8 cm³/mol. The molecule has 0 unspecified atom stereocenters. The zero-order chi connectivity index (χ0) is 14.7. The number of hydrogen-bond donors (Lipinski definition) is 1. The quantitative estimate of drug-likeness (QED) is 0.740. The van der Waals surface area contributed by atoms with Gasteiger partial charge >= 0.3 is 0 Å². The summed E-state index contributed by atoms with van der Waals surface area (Å²) in [5.74, 6) is -0.282. The van der Waals surface area contributed by atoms with E-state index in [4.69, 9.17) is 11.6 Å². The van der Waals surface area contributed by atoms with Crippen molar-refractivity contribution in [3.8, 4) is 10.6 Å². The SMILES string of the molecule is O=C(Nc1ccc(-c2nccs2)cc1)c1cccnc1Cl. The van der Waals surface area contributed by atoms with Crippen LogP contribution in [0.1, 0.15) is 10.4 Å². The summed E-state index contributed by atoms with van der Waals surface area (Å²) < 4.78 is 0. The summed E-state index contributed by atoms with van der Waals surface area (Å²) in [7, 11) is 0. The second kappa shape index (κ2) is 6.03. The van der Waals surface area contributed by atoms with E-state index in [1.54, 1.807) is 35.9 Å². The van der Waals surface area contributed by atoms with E-state index in [-0.39, 0.29) is 11.1 Å². The fourth-order valence-electron chi connectivity index (χ4n) is 1.82. The third-order valence-corrected chi connectivity index (χ3v) is 3.95. The molecule has 3 aromatic rings. The van der Waals surface area contributed by atoms with Gasteiger partial charge in [0.05, 0.1) is 5.56 Å². The number of halogens is 1. The minimum atomic E-state index is -0.282. The van der Waals surface area contributed by atoms with Crippen LogP contribution in [0.25, 0.3) is 10.6 Å². The molecule has 0 bridgehead atoms. The van der Waals surface area contributed by atoms with Gasteiger partial charge in [-0.25, -0.2) is 9.97 Å². The number of aromatic nitrogens is 2. The maximum absolute atomic E-state index is 12.1. The van der Waals surface area contributed by atoms with Crippen molar-refractivity contribution in [3.05, 3.63) is 64.9 Å². The molecule has 0 saturated carbocycles. The van der Waals surface area contributed by atoms with Crippen LogP contribution >= 0.6 is 22.9 Å². The molecule has 0 atom stereocenters. The minimum Gasteiger partial charge on any atom is -0.322 e. The largest absolute Gasteiger partial charge is 0.322 e. The fraction of sp³-hybridized carbons (Fsp3) is 0. The number of rotatable bonds is 3. The number of anilines is 1. The Bertz CT molecular complexity index is 757. The summed E-state index contributed by atoms with van der Waals surface area (Å²) in [5.41, 5.74) is 2.06. The molecule has 3 rings (SSSR count). The summed E-state index contributed by atoms with van der Waals surface area (Å²) in [6.45, 7) is 0. The molecule has 0 aliphatic carbocycles. The molecule has 4 nitrogen and oxygen atoms in total. The van der Waals surface area contributed by atoms with E-state index >= 15 is 0 Å². The highest BCUT2D eigenvalue weighted by molar-refractivity contribution is 7.13. The summed E-state index contributed by atoms with van der Waals surface area (Å²) >= 11 is 7.47. The molecular formula is C15H10ClN3OS. The predicted octanol–water partition coefficient (Wildman–Crippen LogP) is 4.11. The first kappa shape index (κ1) is 13.7. The van der Waals surface area contributed by atoms with Gasteiger partial charge in [0, 0.05) is 29.0 Å². The van der Waals surface area contributed by atoms with Gasteiger partial charge in [-0.05, 0) is 36.4 Å². The van der Waals surface area contributed by atoms with Gasteiger partial charge in [0.15, 0.2) is 0 Å². The number of thiazole rings is 1. The van der Waals surface area contributed by atoms with E-state index < -0.39 is 0 Å². The molecule has 104 valence electrons. The zero-order valence-electron chi connectivity index (χ0n) is 10.8. The number of nitrogens with one attached hydrogen (secondary N) is 1. The summed E-state index contributed by atoms with van der Waals surface area (Å²) in [4.78, 5) is 20.2. The molecule has 0 radical (unpaired) electrons. The van der Waals surface area contributed by atoms with E-state index in [1.165, 1.54) is 0 Å². The molecule has 21 heavy (non-hydrogen) atoms. The maximum Gasteiger partial charge on any atom is 0.258 e. The van der Waals surface area contributed by atoms with Gasteiger partial charge in [-0.2, -0.15) is 0 Å². The molecule has 0 spiro atoms. The third-order valence-electron chi connectivity index (χ3n) is 2.83. The number of nitrogens with zero attached hydrogens (tertiary/aromatic N) is 2. The molecule has 1 N–H and O–H groups in total. The van der Waals surface area contributed by atoms with Gasteiger partial charge in [0.1, 0.15) is 10.2 Å². The number of benzene rings is 1. The van der Waals surface area contributed by atoms with Crippen LogP contribution in [0.2, 0.25) is 5.15 Å². The Morgan fingerprint density at radius 2 is 1.90 bits per heavy atom. The summed E-state index contributed by atoms with van der Waals surface area (Å²) in [6, 6.07) is 10.8. The van der Waals surface area contributed by atoms with Gasteiger partial charge in [-0.1, -0.05) is 11.6 Å². The number of pyridine rings is 1. The van der Waals surface area contributed by atoms with Crippen LogP contribution in [0.5, 0.6) is 0 Å². The maximum atomic E-state index is 12.1. The minimum absolute atomic E-state index is 0.189. The van der Waals surface area contributed by atoms with Gasteiger partial charge in [0.25, 0.3) is 5.91 Å². The molecule has 6 heteroatoms. The van der Waals surface area contributed by atoms with Crippen LogP contribution in [-0.2, 0) is 0 Å². The van der Waals surface area contributed by atoms with E-state index in [0.29, 0.717) is 11.3 Å². The van der Waals surface area contributed by atoms with Crippen molar-refractivity contribution in [2.24, 2.45) is 0 Å². The smallest absolute Gasteiger partial charge is 0.258 e. The van der Waals surface area contributed by atoms with Crippen molar-refractivity contribution in [1.29, 1.82) is 0 Å². The first-order valence-electron chi connectivity index (χ1n) is 6.16. The van der Waals surface area contributed by atoms with Crippen molar-refractivity contribution < 1.29 is 4.79 Å². The lowest BCUT2D eigenvalue weighted by Gasteiger charge is -2.06. The van der Waals surface area contributed by atoms with Crippen molar-refractivity contribution in [3.63, 3.8) is 0 Å². The summed E-state index contributed by atoms with van der Waals surface area (Å²) in [5, 5.41) is 5.85. The molecule has 1 amide bonds. The zero-order valence-corrected chi connectivity index (χ0v) is 12.4. The lowest BCUT2D eigenvalue weighted by Crippen LogP contribution is -2.12. The molecular weight excluding hydrogens is 306 g/mol. The summed E-state index contributed by atoms with van der Waals surface area (Å²) in [6.07, 6.45) is 3.31. The van der Waals surface area contributed by atoms with Crippen LogP contribution in [0.15, 0.2) is 54.2 Å². The lowest BCUT2D eigenvalue weighted by atomic mass is 10.2. The molecule has 2 aromatic heterocycles. The Morgan fingerprint density at radius 3 is 2.57 bits per heavy atom. The number of carbonyl (C=O) groups is 1. The highest BCUT2D eigenvalue weighted by atomic mass is 35.5. The number of carbonyl (C=O) groups excluding carboxylic acids is 1. The van der Waals surface area contributed by atoms with Gasteiger partial charge < -0.3 is 5.32 Å². The van der Waals surface area contributed by atoms with Crippen molar-refractivity contribution in [2.45, 2.75) is 0 Å². The fourth-order valence-corrected chi connectivity index (χ4v) is 2.67. The van der Waals surface area contributed by atoms with E-state index in [2.05, 4.69) is 15.3 Å². The highest BCUT2D eigenvalue weighted by Gasteiger charge is 2.11. The van der Waals surface area contributed by atoms with Crippen LogP contribution in [0, 0.1) is 0 Å². The van der Waals surface area contributed by atoms with E-state index in [0.717, 1.165) is 10.6 Å². The second-order valence-corrected chi connectivity index (χ2v) is 5.46. The molecule has 0 fully saturated rings. The Hall–Kier alpha value is -2.24. The lowest BCUT2D eigenvalue weighted by molar-refractivity contribution is 0.102. The topological polar surface area (TPSA) is 54.9 Å². The molecule has 1 aromatic carbocycles. The normalized spacial score (nSPS) is 10.3. The van der Waals surface area contributed by atoms with Crippen LogP contribution in [0.3, 0.4) is 0 Å². The Morgan fingerprint density at radius 1 is 1.10 bits per heavy atom. The highest BCUT2D eigenvalue weighted by Crippen LogP contribution is 2.23. The number of amides is 1. The van der Waals surface area contributed by atoms with Crippen LogP contribution in [-0.4, -0.2) is 15.9 Å². The Kier molecular flexibility index (Phi) is 3.94. The standard InChI is InChI=1S/C15H10ClN3OS/c16-13-12(2-1-7-17-13)14(20)19-11-5-3-10(4-6-11)15-18-8-9-21-15/h1-9H,(H,19,20). The Balaban J connectivity index is 1.77. The van der Waals surface area contributed by atoms with Crippen LogP contribution < -0.4 is 5.32 Å². The average Bonchev–Trinajstić information content (AvgIpc) is 3.02. The van der Waals surface area contributed by atoms with Gasteiger partial charge in [-0.3, -0.25) is 4.79 Å². The third kappa shape index (κ3) is 3.09. The van der Waals surface area contributed by atoms with Crippen molar-refractivity contribution in [1.82, 2.24) is 9.97 Å². The first-order chi connectivity index (χ1) is 10.2. The van der Waals surface area contributed by atoms with Gasteiger partial charge in [-0.15, -0.1) is 11.3 Å². The van der Waals surface area contributed by atoms with Crippen LogP contribution in [0.4, 0.5) is 5.69 Å². The average molecular weight is 316 g/mol. The first-order valence-corrected chi connectivity index (χ1v) is 7.41. The second-order valence-electron chi connectivity index (χ2n) is 4.21. The molecule has 0 aliphatic rings. The molecule has 0 aliphatic heterocycles. The molecule has 2 heterocycles. The van der Waals surface area contributed by atoms with Crippen molar-refractivity contribution in [2.75, 3.05) is 5.32 Å². The monoisotopic (exact) mass is 315 g/mol. The van der Waals surface area contributed by atoms with Crippen molar-refractivity contribution >= 4 is 34.5 Å². The molecule has 0 saturated heterocycles. The van der Waals surface area contributed by atoms with Gasteiger partial charge in [0.2, 0.25) is 0 Å².